The summed E-state index contributed by atoms with van der Waals surface area (Å²) in [6, 6.07) is 9.67. The molecule has 0 radical (unpaired) electrons. The van der Waals surface area contributed by atoms with Crippen LogP contribution < -0.4 is 10.5 Å². The van der Waals surface area contributed by atoms with Gasteiger partial charge in [-0.15, -0.1) is 0 Å². The number of hydrogen-bond donors (Lipinski definition) is 1. The minimum atomic E-state index is -0.615. The number of nitrogens with two attached hydrogens (primary N) is 1. The van der Waals surface area contributed by atoms with Crippen LogP contribution in [0.4, 0.5) is 5.95 Å². The maximum atomic E-state index is 12.1. The summed E-state index contributed by atoms with van der Waals surface area (Å²) < 4.78 is 13.3. The number of nitrogens with zero attached hydrogens (tertiary/aromatic N) is 4. The van der Waals surface area contributed by atoms with Crippen LogP contribution in [-0.4, -0.2) is 25.5 Å². The van der Waals surface area contributed by atoms with Crippen molar-refractivity contribution in [2.45, 2.75) is 34.1 Å². The van der Waals surface area contributed by atoms with Crippen LogP contribution in [0.15, 0.2) is 35.1 Å². The molecule has 0 fully saturated rings. The number of benzene rings is 1. The van der Waals surface area contributed by atoms with Crippen LogP contribution in [0, 0.1) is 5.41 Å². The molecule has 9 heteroatoms. The van der Waals surface area contributed by atoms with Crippen LogP contribution >= 0.6 is 15.9 Å². The van der Waals surface area contributed by atoms with Gasteiger partial charge in [0.15, 0.2) is 22.6 Å². The number of aromatic nitrogens is 4. The highest BCUT2D eigenvalue weighted by Crippen LogP contribution is 2.28. The predicted octanol–water partition coefficient (Wildman–Crippen LogP) is 3.30. The number of carbonyl (C=O) groups is 1. The van der Waals surface area contributed by atoms with Crippen LogP contribution in [0.5, 0.6) is 5.88 Å². The van der Waals surface area contributed by atoms with Gasteiger partial charge in [-0.05, 0) is 42.3 Å². The summed E-state index contributed by atoms with van der Waals surface area (Å²) in [6.45, 7) is 5.61. The molecule has 0 saturated carbocycles. The molecule has 3 rings (SSSR count). The molecule has 142 valence electrons. The third-order valence-corrected chi connectivity index (χ3v) is 4.30. The van der Waals surface area contributed by atoms with E-state index in [0.717, 1.165) is 5.56 Å². The molecular weight excluding hydrogens is 414 g/mol. The van der Waals surface area contributed by atoms with E-state index in [1.165, 1.54) is 0 Å². The van der Waals surface area contributed by atoms with Gasteiger partial charge in [0.1, 0.15) is 6.61 Å². The molecule has 0 amide bonds. The van der Waals surface area contributed by atoms with Gasteiger partial charge in [0.25, 0.3) is 0 Å². The molecule has 0 bridgehead atoms. The zero-order chi connectivity index (χ0) is 19.6. The van der Waals surface area contributed by atoms with Gasteiger partial charge < -0.3 is 15.2 Å². The van der Waals surface area contributed by atoms with E-state index >= 15 is 0 Å². The normalized spacial score (nSPS) is 11.6. The van der Waals surface area contributed by atoms with Gasteiger partial charge in [-0.3, -0.25) is 9.36 Å². The van der Waals surface area contributed by atoms with Crippen molar-refractivity contribution in [3.8, 4) is 5.88 Å². The first kappa shape index (κ1) is 19.1. The molecule has 27 heavy (non-hydrogen) atoms. The average Bonchev–Trinajstić information content (AvgIpc) is 2.92. The van der Waals surface area contributed by atoms with Crippen LogP contribution in [0.2, 0.25) is 0 Å². The SMILES string of the molecule is CC(C)(C)C(=O)OCn1c(Br)nc2nc(N)nc(OCc3ccccc3)c21. The zero-order valence-electron chi connectivity index (χ0n) is 15.3. The van der Waals surface area contributed by atoms with Crippen molar-refractivity contribution in [2.75, 3.05) is 5.73 Å². The first-order valence-corrected chi connectivity index (χ1v) is 9.08. The van der Waals surface area contributed by atoms with Crippen LogP contribution in [0.25, 0.3) is 11.2 Å². The summed E-state index contributed by atoms with van der Waals surface area (Å²) >= 11 is 3.36. The number of halogens is 1. The number of anilines is 1. The van der Waals surface area contributed by atoms with Crippen molar-refractivity contribution in [2.24, 2.45) is 5.41 Å². The van der Waals surface area contributed by atoms with Gasteiger partial charge in [0, 0.05) is 0 Å². The molecule has 2 N–H and O–H groups in total. The van der Waals surface area contributed by atoms with E-state index in [1.54, 1.807) is 25.3 Å². The third-order valence-electron chi connectivity index (χ3n) is 3.70. The number of nitrogen functional groups attached to an aromatic ring is 1. The number of rotatable bonds is 5. The Kier molecular flexibility index (Phi) is 5.31. The summed E-state index contributed by atoms with van der Waals surface area (Å²) in [5.74, 6) is -0.0138. The zero-order valence-corrected chi connectivity index (χ0v) is 16.9. The van der Waals surface area contributed by atoms with Crippen LogP contribution in [0.1, 0.15) is 26.3 Å². The van der Waals surface area contributed by atoms with E-state index in [2.05, 4.69) is 30.9 Å². The predicted molar refractivity (Wildman–Crippen MR) is 104 cm³/mol. The standard InChI is InChI=1S/C18H20BrN5O3/c1-18(2,3)15(25)27-10-24-12-13(21-16(24)19)22-17(20)23-14(12)26-9-11-7-5-4-6-8-11/h4-8H,9-10H2,1-3H3,(H2,20,22,23). The van der Waals surface area contributed by atoms with Gasteiger partial charge in [-0.2, -0.15) is 9.97 Å². The summed E-state index contributed by atoms with van der Waals surface area (Å²) in [4.78, 5) is 24.7. The molecule has 2 aromatic heterocycles. The van der Waals surface area contributed by atoms with Crippen molar-refractivity contribution in [1.29, 1.82) is 0 Å². The fourth-order valence-electron chi connectivity index (χ4n) is 2.28. The number of imidazole rings is 1. The molecule has 0 unspecified atom stereocenters. The number of fused-ring (bicyclic) bond motifs is 1. The Hall–Kier alpha value is -2.68. The molecule has 0 aliphatic heterocycles. The Labute approximate surface area is 164 Å². The largest absolute Gasteiger partial charge is 0.471 e. The summed E-state index contributed by atoms with van der Waals surface area (Å²) in [5, 5.41) is 0. The summed E-state index contributed by atoms with van der Waals surface area (Å²) in [6.07, 6.45) is 0. The molecule has 8 nitrogen and oxygen atoms in total. The Bertz CT molecular complexity index is 967. The average molecular weight is 434 g/mol. The monoisotopic (exact) mass is 433 g/mol. The molecule has 0 spiro atoms. The maximum Gasteiger partial charge on any atom is 0.312 e. The summed E-state index contributed by atoms with van der Waals surface area (Å²) in [5.41, 5.74) is 6.99. The number of carbonyl (C=O) groups excluding carboxylic acids is 1. The van der Waals surface area contributed by atoms with Gasteiger partial charge >= 0.3 is 5.97 Å². The lowest BCUT2D eigenvalue weighted by molar-refractivity contribution is -0.156. The van der Waals surface area contributed by atoms with Gasteiger partial charge in [-0.25, -0.2) is 4.98 Å². The van der Waals surface area contributed by atoms with E-state index in [9.17, 15) is 4.79 Å². The number of esters is 1. The van der Waals surface area contributed by atoms with E-state index in [-0.39, 0.29) is 24.5 Å². The van der Waals surface area contributed by atoms with Crippen molar-refractivity contribution >= 4 is 39.0 Å². The lowest BCUT2D eigenvalue weighted by Crippen LogP contribution is -2.24. The molecule has 0 aliphatic rings. The highest BCUT2D eigenvalue weighted by molar-refractivity contribution is 9.10. The molecule has 2 heterocycles. The summed E-state index contributed by atoms with van der Waals surface area (Å²) in [7, 11) is 0. The van der Waals surface area contributed by atoms with Crippen molar-refractivity contribution in [1.82, 2.24) is 19.5 Å². The smallest absolute Gasteiger partial charge is 0.312 e. The molecule has 1 aromatic carbocycles. The quantitative estimate of drug-likeness (QED) is 0.485. The molecule has 0 aliphatic carbocycles. The van der Waals surface area contributed by atoms with Crippen molar-refractivity contribution < 1.29 is 14.3 Å². The first-order valence-electron chi connectivity index (χ1n) is 8.29. The second-order valence-electron chi connectivity index (χ2n) is 6.95. The van der Waals surface area contributed by atoms with E-state index in [0.29, 0.717) is 22.5 Å². The number of hydrogen-bond acceptors (Lipinski definition) is 7. The van der Waals surface area contributed by atoms with Crippen LogP contribution in [-0.2, 0) is 22.9 Å². The van der Waals surface area contributed by atoms with Gasteiger partial charge in [0.05, 0.1) is 5.41 Å². The molecule has 0 atom stereocenters. The first-order chi connectivity index (χ1) is 12.8. The molecule has 3 aromatic rings. The lowest BCUT2D eigenvalue weighted by atomic mass is 9.98. The minimum Gasteiger partial charge on any atom is -0.471 e. The van der Waals surface area contributed by atoms with Crippen molar-refractivity contribution in [3.05, 3.63) is 40.6 Å². The van der Waals surface area contributed by atoms with E-state index < -0.39 is 5.41 Å². The lowest BCUT2D eigenvalue weighted by Gasteiger charge is -2.17. The highest BCUT2D eigenvalue weighted by atomic mass is 79.9. The Morgan fingerprint density at radius 1 is 1.19 bits per heavy atom. The molecule has 0 saturated heterocycles. The van der Waals surface area contributed by atoms with E-state index in [1.807, 2.05) is 30.3 Å². The van der Waals surface area contributed by atoms with Gasteiger partial charge in [0.2, 0.25) is 11.8 Å². The Morgan fingerprint density at radius 3 is 2.56 bits per heavy atom. The second kappa shape index (κ2) is 7.51. The van der Waals surface area contributed by atoms with Crippen LogP contribution in [0.3, 0.4) is 0 Å². The Morgan fingerprint density at radius 2 is 1.89 bits per heavy atom. The highest BCUT2D eigenvalue weighted by Gasteiger charge is 2.25. The second-order valence-corrected chi connectivity index (χ2v) is 7.66. The number of ether oxygens (including phenoxy) is 2. The fraction of sp³-hybridized carbons (Fsp3) is 0.333. The van der Waals surface area contributed by atoms with Crippen molar-refractivity contribution in [3.63, 3.8) is 0 Å². The third kappa shape index (κ3) is 4.36. The topological polar surface area (TPSA) is 105 Å². The maximum absolute atomic E-state index is 12.1. The molecular formula is C18H20BrN5O3. The van der Waals surface area contributed by atoms with E-state index in [4.69, 9.17) is 15.2 Å². The van der Waals surface area contributed by atoms with Gasteiger partial charge in [-0.1, -0.05) is 30.3 Å². The Balaban J connectivity index is 1.92. The fourth-order valence-corrected chi connectivity index (χ4v) is 2.72. The minimum absolute atomic E-state index is 0.0504.